The lowest BCUT2D eigenvalue weighted by molar-refractivity contribution is -0.882. The summed E-state index contributed by atoms with van der Waals surface area (Å²) in [5.74, 6) is -0.964. The summed E-state index contributed by atoms with van der Waals surface area (Å²) in [6, 6.07) is 9.26. The van der Waals surface area contributed by atoms with Crippen molar-refractivity contribution in [3.63, 3.8) is 0 Å². The topological polar surface area (TPSA) is 77.4 Å². The lowest BCUT2D eigenvalue weighted by Gasteiger charge is -2.27. The van der Waals surface area contributed by atoms with Gasteiger partial charge in [0.05, 0.1) is 20.7 Å². The highest BCUT2D eigenvalue weighted by Crippen LogP contribution is 2.04. The van der Waals surface area contributed by atoms with Crippen LogP contribution in [0.2, 0.25) is 0 Å². The van der Waals surface area contributed by atoms with Crippen molar-refractivity contribution in [2.75, 3.05) is 33.8 Å². The standard InChI is InChI=1S/C12H18NO2.C2H4O2.BrH/c1-13(2,8-9-14)10-12(15)11-6-4-3-5-7-11;1-2(3)4;/h3-7,14H,8-10H2,1-2H3;1H3,(H,3,4);1H/q+1;;/p-1. The summed E-state index contributed by atoms with van der Waals surface area (Å²) in [6.07, 6.45) is 0. The number of rotatable bonds is 5. The molecule has 0 amide bonds. The Hall–Kier alpha value is -1.24. The first-order valence-electron chi connectivity index (χ1n) is 5.97. The minimum atomic E-state index is -1.08. The summed E-state index contributed by atoms with van der Waals surface area (Å²) >= 11 is 0. The smallest absolute Gasteiger partial charge is 0.216 e. The maximum atomic E-state index is 11.8. The number of carbonyl (C=O) groups is 2. The number of likely N-dealkylation sites (N-methyl/N-ethyl adjacent to an activating group) is 1. The van der Waals surface area contributed by atoms with E-state index in [1.54, 1.807) is 0 Å². The molecule has 0 aliphatic carbocycles. The lowest BCUT2D eigenvalue weighted by atomic mass is 10.1. The number of nitrogens with zero attached hydrogens (tertiary/aromatic N) is 1. The van der Waals surface area contributed by atoms with Crippen LogP contribution in [0.5, 0.6) is 0 Å². The number of aliphatic carboxylic acids is 1. The number of carbonyl (C=O) groups excluding carboxylic acids is 2. The molecule has 20 heavy (non-hydrogen) atoms. The average Bonchev–Trinajstić information content (AvgIpc) is 2.28. The van der Waals surface area contributed by atoms with Crippen LogP contribution in [0.25, 0.3) is 0 Å². The second kappa shape index (κ2) is 10.5. The van der Waals surface area contributed by atoms with Gasteiger partial charge in [-0.2, -0.15) is 0 Å². The minimum Gasteiger partial charge on any atom is -0.550 e. The van der Waals surface area contributed by atoms with Gasteiger partial charge in [0.1, 0.15) is 13.1 Å². The highest BCUT2D eigenvalue weighted by atomic mass is 79.9. The summed E-state index contributed by atoms with van der Waals surface area (Å²) in [7, 11) is 3.88. The zero-order valence-electron chi connectivity index (χ0n) is 12.0. The summed E-state index contributed by atoms with van der Waals surface area (Å²) in [6.45, 7) is 2.10. The first kappa shape index (κ1) is 21.1. The molecule has 1 aromatic carbocycles. The fraction of sp³-hybridized carbons (Fsp3) is 0.429. The molecule has 114 valence electrons. The number of aliphatic hydroxyl groups is 1. The molecule has 0 saturated heterocycles. The highest BCUT2D eigenvalue weighted by Gasteiger charge is 2.19. The summed E-state index contributed by atoms with van der Waals surface area (Å²) in [5.41, 5.74) is 0.738. The van der Waals surface area contributed by atoms with Gasteiger partial charge in [0.2, 0.25) is 5.78 Å². The number of carboxylic acid groups (broad SMARTS) is 1. The molecule has 0 radical (unpaired) electrons. The van der Waals surface area contributed by atoms with Gasteiger partial charge < -0.3 is 19.5 Å². The number of ketones is 1. The van der Waals surface area contributed by atoms with Crippen LogP contribution in [-0.4, -0.2) is 55.1 Å². The van der Waals surface area contributed by atoms with Crippen molar-refractivity contribution in [2.24, 2.45) is 0 Å². The lowest BCUT2D eigenvalue weighted by Crippen LogP contribution is -2.45. The molecule has 1 N–H and O–H groups in total. The third kappa shape index (κ3) is 10.7. The first-order valence-corrected chi connectivity index (χ1v) is 5.97. The highest BCUT2D eigenvalue weighted by molar-refractivity contribution is 8.93. The molecule has 1 aromatic rings. The predicted octanol–water partition coefficient (Wildman–Crippen LogP) is 0.272. The number of Topliss-reactive ketones (excluding diaryl/α,β-unsaturated/α-hetero) is 1. The van der Waals surface area contributed by atoms with Crippen molar-refractivity contribution in [3.05, 3.63) is 35.9 Å². The Morgan fingerprint density at radius 1 is 1.20 bits per heavy atom. The van der Waals surface area contributed by atoms with Crippen LogP contribution in [0.3, 0.4) is 0 Å². The van der Waals surface area contributed by atoms with Gasteiger partial charge in [-0.25, -0.2) is 0 Å². The molecule has 0 saturated carbocycles. The van der Waals surface area contributed by atoms with E-state index in [0.29, 0.717) is 17.6 Å². The Labute approximate surface area is 130 Å². The molecular formula is C14H22BrNO4. The molecular weight excluding hydrogens is 326 g/mol. The average molecular weight is 348 g/mol. The van der Waals surface area contributed by atoms with E-state index in [-0.39, 0.29) is 29.4 Å². The number of hydrogen-bond donors (Lipinski definition) is 1. The number of halogens is 1. The van der Waals surface area contributed by atoms with Gasteiger partial charge in [-0.3, -0.25) is 4.79 Å². The summed E-state index contributed by atoms with van der Waals surface area (Å²) in [4.78, 5) is 20.7. The largest absolute Gasteiger partial charge is 0.550 e. The van der Waals surface area contributed by atoms with Crippen LogP contribution in [0.15, 0.2) is 30.3 Å². The van der Waals surface area contributed by atoms with Gasteiger partial charge in [-0.05, 0) is 6.92 Å². The van der Waals surface area contributed by atoms with Gasteiger partial charge in [-0.1, -0.05) is 30.3 Å². The summed E-state index contributed by atoms with van der Waals surface area (Å²) < 4.78 is 0.518. The molecule has 0 fully saturated rings. The van der Waals surface area contributed by atoms with Crippen molar-refractivity contribution in [1.29, 1.82) is 0 Å². The van der Waals surface area contributed by atoms with E-state index < -0.39 is 5.97 Å². The zero-order chi connectivity index (χ0) is 14.9. The minimum absolute atomic E-state index is 0. The van der Waals surface area contributed by atoms with Crippen LogP contribution < -0.4 is 5.11 Å². The van der Waals surface area contributed by atoms with E-state index in [4.69, 9.17) is 15.0 Å². The number of hydrogen-bond acceptors (Lipinski definition) is 4. The van der Waals surface area contributed by atoms with E-state index in [1.807, 2.05) is 44.4 Å². The normalized spacial score (nSPS) is 9.80. The van der Waals surface area contributed by atoms with Gasteiger partial charge in [0.15, 0.2) is 0 Å². The zero-order valence-corrected chi connectivity index (χ0v) is 13.7. The molecule has 0 heterocycles. The second-order valence-corrected chi connectivity index (χ2v) is 4.82. The molecule has 0 spiro atoms. The first-order chi connectivity index (χ1) is 8.78. The molecule has 6 heteroatoms. The molecule has 0 aromatic heterocycles. The van der Waals surface area contributed by atoms with Gasteiger partial charge >= 0.3 is 0 Å². The molecule has 0 unspecified atom stereocenters. The SMILES string of the molecule is Br.CC(=O)[O-].C[N+](C)(CCO)CC(=O)c1ccccc1. The van der Waals surface area contributed by atoms with Crippen molar-refractivity contribution in [1.82, 2.24) is 0 Å². The van der Waals surface area contributed by atoms with Crippen LogP contribution >= 0.6 is 17.0 Å². The molecule has 0 aliphatic heterocycles. The molecule has 0 atom stereocenters. The molecule has 0 bridgehead atoms. The Morgan fingerprint density at radius 3 is 2.05 bits per heavy atom. The fourth-order valence-corrected chi connectivity index (χ4v) is 1.45. The third-order valence-electron chi connectivity index (χ3n) is 2.37. The van der Waals surface area contributed by atoms with Crippen molar-refractivity contribution >= 4 is 28.7 Å². The van der Waals surface area contributed by atoms with Crippen LogP contribution in [0, 0.1) is 0 Å². The van der Waals surface area contributed by atoms with E-state index >= 15 is 0 Å². The Kier molecular flexibility index (Phi) is 11.1. The van der Waals surface area contributed by atoms with Crippen molar-refractivity contribution in [3.8, 4) is 0 Å². The maximum absolute atomic E-state index is 11.8. The van der Waals surface area contributed by atoms with Gasteiger partial charge in [-0.15, -0.1) is 17.0 Å². The molecule has 1 rings (SSSR count). The number of carboxylic acids is 1. The Balaban J connectivity index is 0. The molecule has 0 aliphatic rings. The van der Waals surface area contributed by atoms with Gasteiger partial charge in [0.25, 0.3) is 0 Å². The van der Waals surface area contributed by atoms with E-state index in [9.17, 15) is 4.79 Å². The monoisotopic (exact) mass is 347 g/mol. The van der Waals surface area contributed by atoms with Gasteiger partial charge in [0, 0.05) is 11.5 Å². The number of benzene rings is 1. The number of aliphatic hydroxyl groups excluding tert-OH is 1. The summed E-state index contributed by atoms with van der Waals surface area (Å²) in [5, 5.41) is 17.7. The van der Waals surface area contributed by atoms with Crippen LogP contribution in [0.1, 0.15) is 17.3 Å². The van der Waals surface area contributed by atoms with E-state index in [2.05, 4.69) is 0 Å². The second-order valence-electron chi connectivity index (χ2n) is 4.82. The fourth-order valence-electron chi connectivity index (χ4n) is 1.45. The van der Waals surface area contributed by atoms with Crippen LogP contribution in [-0.2, 0) is 4.79 Å². The van der Waals surface area contributed by atoms with Crippen molar-refractivity contribution in [2.45, 2.75) is 6.92 Å². The molecule has 5 nitrogen and oxygen atoms in total. The number of quaternary nitrogens is 1. The predicted molar refractivity (Wildman–Crippen MR) is 80.7 cm³/mol. The Morgan fingerprint density at radius 2 is 1.65 bits per heavy atom. The van der Waals surface area contributed by atoms with Crippen LogP contribution in [0.4, 0.5) is 0 Å². The quantitative estimate of drug-likeness (QED) is 0.612. The third-order valence-corrected chi connectivity index (χ3v) is 2.37. The van der Waals surface area contributed by atoms with E-state index in [1.165, 1.54) is 0 Å². The van der Waals surface area contributed by atoms with E-state index in [0.717, 1.165) is 12.5 Å². The Bertz CT molecular complexity index is 403. The maximum Gasteiger partial charge on any atom is 0.216 e. The van der Waals surface area contributed by atoms with Crippen molar-refractivity contribution < 1.29 is 24.3 Å².